The molecule has 0 bridgehead atoms. The van der Waals surface area contributed by atoms with Crippen molar-refractivity contribution in [2.24, 2.45) is 5.92 Å². The summed E-state index contributed by atoms with van der Waals surface area (Å²) in [5.74, 6) is 0.182. The summed E-state index contributed by atoms with van der Waals surface area (Å²) in [4.78, 5) is 26.5. The number of ether oxygens (including phenoxy) is 1. The van der Waals surface area contributed by atoms with Gasteiger partial charge in [0.05, 0.1) is 13.2 Å². The fourth-order valence-electron chi connectivity index (χ4n) is 3.00. The molecule has 2 rings (SSSR count). The third-order valence-electron chi connectivity index (χ3n) is 4.54. The van der Waals surface area contributed by atoms with Crippen molar-refractivity contribution in [3.63, 3.8) is 0 Å². The fourth-order valence-corrected chi connectivity index (χ4v) is 3.12. The number of amides is 2. The van der Waals surface area contributed by atoms with Gasteiger partial charge in [0.1, 0.15) is 0 Å². The second-order valence-corrected chi connectivity index (χ2v) is 7.21. The maximum Gasteiger partial charge on any atom is 0.251 e. The number of morpholine rings is 1. The zero-order valence-corrected chi connectivity index (χ0v) is 16.2. The highest BCUT2D eigenvalue weighted by molar-refractivity contribution is 6.30. The number of hydrogen-bond donors (Lipinski definition) is 2. The molecule has 2 N–H and O–H groups in total. The predicted octanol–water partition coefficient (Wildman–Crippen LogP) is 1.93. The second-order valence-electron chi connectivity index (χ2n) is 6.78. The van der Waals surface area contributed by atoms with E-state index in [0.717, 1.165) is 26.3 Å². The maximum atomic E-state index is 12.1. The lowest BCUT2D eigenvalue weighted by Crippen LogP contribution is -2.51. The van der Waals surface area contributed by atoms with E-state index >= 15 is 0 Å². The molecule has 144 valence electrons. The number of hydrogen-bond acceptors (Lipinski definition) is 4. The van der Waals surface area contributed by atoms with Crippen LogP contribution in [0.4, 0.5) is 0 Å². The van der Waals surface area contributed by atoms with Gasteiger partial charge in [0, 0.05) is 49.2 Å². The van der Waals surface area contributed by atoms with Crippen LogP contribution in [0.5, 0.6) is 0 Å². The molecule has 0 spiro atoms. The summed E-state index contributed by atoms with van der Waals surface area (Å²) >= 11 is 5.81. The standard InChI is InChI=1S/C19H28ClN3O3/c1-14(2)17(23-9-11-26-12-10-23)13-22-18(24)7-8-21-19(25)15-3-5-16(20)6-4-15/h3-6,14,17H,7-13H2,1-2H3,(H,21,25)(H,22,24). The summed E-state index contributed by atoms with van der Waals surface area (Å²) in [6.07, 6.45) is 0.257. The first-order chi connectivity index (χ1) is 12.5. The molecule has 2 amide bonds. The lowest BCUT2D eigenvalue weighted by molar-refractivity contribution is -0.121. The quantitative estimate of drug-likeness (QED) is 0.721. The zero-order valence-electron chi connectivity index (χ0n) is 15.5. The Kier molecular flexibility index (Phi) is 8.35. The summed E-state index contributed by atoms with van der Waals surface area (Å²) in [7, 11) is 0. The minimum atomic E-state index is -0.206. The Hall–Kier alpha value is -1.63. The van der Waals surface area contributed by atoms with Crippen molar-refractivity contribution in [2.45, 2.75) is 26.3 Å². The van der Waals surface area contributed by atoms with E-state index in [1.54, 1.807) is 24.3 Å². The molecular formula is C19H28ClN3O3. The number of halogens is 1. The molecule has 1 aromatic rings. The zero-order chi connectivity index (χ0) is 18.9. The summed E-state index contributed by atoms with van der Waals surface area (Å²) in [5, 5.41) is 6.33. The van der Waals surface area contributed by atoms with Crippen LogP contribution >= 0.6 is 11.6 Å². The number of carbonyl (C=O) groups is 2. The predicted molar refractivity (Wildman–Crippen MR) is 102 cm³/mol. The average Bonchev–Trinajstić information content (AvgIpc) is 2.63. The SMILES string of the molecule is CC(C)C(CNC(=O)CCNC(=O)c1ccc(Cl)cc1)N1CCOCC1. The van der Waals surface area contributed by atoms with E-state index in [1.165, 1.54) is 0 Å². The minimum absolute atomic E-state index is 0.0553. The Labute approximate surface area is 160 Å². The van der Waals surface area contributed by atoms with Gasteiger partial charge in [0.25, 0.3) is 5.91 Å². The molecule has 26 heavy (non-hydrogen) atoms. The van der Waals surface area contributed by atoms with Crippen molar-refractivity contribution in [1.29, 1.82) is 0 Å². The van der Waals surface area contributed by atoms with Gasteiger partial charge < -0.3 is 15.4 Å². The molecule has 7 heteroatoms. The highest BCUT2D eigenvalue weighted by Gasteiger charge is 2.24. The molecule has 0 aliphatic carbocycles. The molecule has 1 aliphatic rings. The molecule has 1 aliphatic heterocycles. The van der Waals surface area contributed by atoms with E-state index < -0.39 is 0 Å². The lowest BCUT2D eigenvalue weighted by atomic mass is 10.0. The average molecular weight is 382 g/mol. The number of nitrogens with one attached hydrogen (secondary N) is 2. The number of rotatable bonds is 8. The molecule has 1 atom stereocenters. The van der Waals surface area contributed by atoms with Gasteiger partial charge in [-0.05, 0) is 30.2 Å². The first-order valence-corrected chi connectivity index (χ1v) is 9.47. The van der Waals surface area contributed by atoms with Crippen molar-refractivity contribution in [3.8, 4) is 0 Å². The Balaban J connectivity index is 1.70. The van der Waals surface area contributed by atoms with Crippen LogP contribution in [0.1, 0.15) is 30.6 Å². The lowest BCUT2D eigenvalue weighted by Gasteiger charge is -2.36. The topological polar surface area (TPSA) is 70.7 Å². The molecule has 0 radical (unpaired) electrons. The number of nitrogens with zero attached hydrogens (tertiary/aromatic N) is 1. The monoisotopic (exact) mass is 381 g/mol. The minimum Gasteiger partial charge on any atom is -0.379 e. The van der Waals surface area contributed by atoms with Crippen molar-refractivity contribution in [1.82, 2.24) is 15.5 Å². The van der Waals surface area contributed by atoms with E-state index in [1.807, 2.05) is 0 Å². The number of carbonyl (C=O) groups excluding carboxylic acids is 2. The van der Waals surface area contributed by atoms with E-state index in [0.29, 0.717) is 35.6 Å². The largest absolute Gasteiger partial charge is 0.379 e. The summed E-state index contributed by atoms with van der Waals surface area (Å²) in [6.45, 7) is 8.53. The summed E-state index contributed by atoms with van der Waals surface area (Å²) < 4.78 is 5.40. The Morgan fingerprint density at radius 2 is 1.81 bits per heavy atom. The summed E-state index contributed by atoms with van der Waals surface area (Å²) in [5.41, 5.74) is 0.530. The van der Waals surface area contributed by atoms with Gasteiger partial charge >= 0.3 is 0 Å². The Bertz CT molecular complexity index is 586. The van der Waals surface area contributed by atoms with E-state index in [2.05, 4.69) is 29.4 Å². The van der Waals surface area contributed by atoms with E-state index in [4.69, 9.17) is 16.3 Å². The van der Waals surface area contributed by atoms with Crippen LogP contribution in [0.15, 0.2) is 24.3 Å². The maximum absolute atomic E-state index is 12.1. The van der Waals surface area contributed by atoms with Gasteiger partial charge in [-0.1, -0.05) is 25.4 Å². The fraction of sp³-hybridized carbons (Fsp3) is 0.579. The second kappa shape index (κ2) is 10.5. The van der Waals surface area contributed by atoms with Crippen molar-refractivity contribution >= 4 is 23.4 Å². The van der Waals surface area contributed by atoms with Gasteiger partial charge in [-0.25, -0.2) is 0 Å². The molecule has 0 aromatic heterocycles. The molecule has 0 saturated carbocycles. The van der Waals surface area contributed by atoms with E-state index in [9.17, 15) is 9.59 Å². The Morgan fingerprint density at radius 1 is 1.15 bits per heavy atom. The third-order valence-corrected chi connectivity index (χ3v) is 4.79. The summed E-state index contributed by atoms with van der Waals surface area (Å²) in [6, 6.07) is 6.95. The molecular weight excluding hydrogens is 354 g/mol. The normalized spacial score (nSPS) is 16.3. The third kappa shape index (κ3) is 6.59. The van der Waals surface area contributed by atoms with Gasteiger partial charge in [0.2, 0.25) is 5.91 Å². The number of benzene rings is 1. The van der Waals surface area contributed by atoms with Gasteiger partial charge in [-0.15, -0.1) is 0 Å². The van der Waals surface area contributed by atoms with Crippen LogP contribution in [0.2, 0.25) is 5.02 Å². The molecule has 6 nitrogen and oxygen atoms in total. The molecule has 1 aromatic carbocycles. The van der Waals surface area contributed by atoms with Crippen molar-refractivity contribution in [3.05, 3.63) is 34.9 Å². The first kappa shape index (κ1) is 20.7. The Morgan fingerprint density at radius 3 is 2.42 bits per heavy atom. The highest BCUT2D eigenvalue weighted by atomic mass is 35.5. The van der Waals surface area contributed by atoms with Crippen LogP contribution in [0.3, 0.4) is 0 Å². The van der Waals surface area contributed by atoms with E-state index in [-0.39, 0.29) is 18.2 Å². The van der Waals surface area contributed by atoms with Gasteiger partial charge in [-0.2, -0.15) is 0 Å². The van der Waals surface area contributed by atoms with Crippen LogP contribution in [0, 0.1) is 5.92 Å². The molecule has 1 fully saturated rings. The molecule has 1 heterocycles. The molecule has 1 saturated heterocycles. The highest BCUT2D eigenvalue weighted by Crippen LogP contribution is 2.12. The van der Waals surface area contributed by atoms with Crippen molar-refractivity contribution < 1.29 is 14.3 Å². The van der Waals surface area contributed by atoms with Gasteiger partial charge in [-0.3, -0.25) is 14.5 Å². The smallest absolute Gasteiger partial charge is 0.251 e. The van der Waals surface area contributed by atoms with Crippen LogP contribution in [-0.4, -0.2) is 62.1 Å². The van der Waals surface area contributed by atoms with Crippen LogP contribution < -0.4 is 10.6 Å². The van der Waals surface area contributed by atoms with Gasteiger partial charge in [0.15, 0.2) is 0 Å². The van der Waals surface area contributed by atoms with Crippen LogP contribution in [-0.2, 0) is 9.53 Å². The first-order valence-electron chi connectivity index (χ1n) is 9.09. The van der Waals surface area contributed by atoms with Crippen LogP contribution in [0.25, 0.3) is 0 Å². The van der Waals surface area contributed by atoms with Crippen molar-refractivity contribution in [2.75, 3.05) is 39.4 Å². The molecule has 1 unspecified atom stereocenters.